The molecule has 0 radical (unpaired) electrons. The fraction of sp³-hybridized carbons (Fsp3) is 0.467. The standard InChI is InChI=1S/C21H22ClNO4.C9H20N2O2.ClH/c1-25-19-8-5-16(13-20(19)26-2)18(15-3-6-17(22)7-4-15)14-21(24)23-9-11-27-12-10-23;1-4-8-13-9(12)10-6-5-7-11(2)3;/h3-8,13-14H,9-12H2,1-2H3;4-8H2,1-3H3,(H,10,12);1H/b18-14+;;. The highest BCUT2D eigenvalue weighted by Gasteiger charge is 2.18. The Hall–Kier alpha value is -2.98. The van der Waals surface area contributed by atoms with E-state index in [0.717, 1.165) is 36.1 Å². The van der Waals surface area contributed by atoms with E-state index in [4.69, 9.17) is 30.5 Å². The van der Waals surface area contributed by atoms with Crippen molar-refractivity contribution in [3.8, 4) is 11.5 Å². The van der Waals surface area contributed by atoms with Crippen LogP contribution in [0.15, 0.2) is 48.5 Å². The normalized spacial score (nSPS) is 13.0. The Bertz CT molecular complexity index is 1090. The van der Waals surface area contributed by atoms with Crippen LogP contribution < -0.4 is 14.8 Å². The molecule has 1 aliphatic rings. The van der Waals surface area contributed by atoms with Gasteiger partial charge in [-0.3, -0.25) is 4.79 Å². The lowest BCUT2D eigenvalue weighted by atomic mass is 9.96. The molecule has 1 saturated heterocycles. The van der Waals surface area contributed by atoms with E-state index in [1.165, 1.54) is 0 Å². The van der Waals surface area contributed by atoms with E-state index in [1.54, 1.807) is 25.2 Å². The summed E-state index contributed by atoms with van der Waals surface area (Å²) in [5.41, 5.74) is 2.55. The van der Waals surface area contributed by atoms with Crippen molar-refractivity contribution in [2.24, 2.45) is 0 Å². The molecule has 41 heavy (non-hydrogen) atoms. The number of carbonyl (C=O) groups excluding carboxylic acids is 2. The summed E-state index contributed by atoms with van der Waals surface area (Å²) in [5, 5.41) is 3.33. The van der Waals surface area contributed by atoms with Crippen LogP contribution in [0.25, 0.3) is 5.57 Å². The number of alkyl carbamates (subject to hydrolysis) is 1. The van der Waals surface area contributed by atoms with Gasteiger partial charge < -0.3 is 34.1 Å². The Balaban J connectivity index is 0.000000512. The smallest absolute Gasteiger partial charge is 0.407 e. The minimum atomic E-state index is -0.305. The second-order valence-corrected chi connectivity index (χ2v) is 9.73. The van der Waals surface area contributed by atoms with E-state index in [0.29, 0.717) is 56.0 Å². The summed E-state index contributed by atoms with van der Waals surface area (Å²) in [7, 11) is 7.20. The number of benzene rings is 2. The Kier molecular flexibility index (Phi) is 17.6. The van der Waals surface area contributed by atoms with Crippen LogP contribution in [-0.4, -0.2) is 96.1 Å². The van der Waals surface area contributed by atoms with Crippen molar-refractivity contribution < 1.29 is 28.5 Å². The number of nitrogens with zero attached hydrogens (tertiary/aromatic N) is 2. The van der Waals surface area contributed by atoms with Crippen molar-refractivity contribution >= 4 is 41.6 Å². The van der Waals surface area contributed by atoms with Gasteiger partial charge in [0.1, 0.15) is 0 Å². The fourth-order valence-electron chi connectivity index (χ4n) is 3.80. The van der Waals surface area contributed by atoms with Crippen molar-refractivity contribution in [3.05, 3.63) is 64.7 Å². The number of methoxy groups -OCH3 is 2. The number of morpholine rings is 1. The minimum Gasteiger partial charge on any atom is -0.493 e. The Morgan fingerprint density at radius 1 is 1.02 bits per heavy atom. The van der Waals surface area contributed by atoms with Crippen LogP contribution in [0.1, 0.15) is 30.9 Å². The van der Waals surface area contributed by atoms with Gasteiger partial charge in [0, 0.05) is 30.7 Å². The molecule has 2 aromatic carbocycles. The van der Waals surface area contributed by atoms with E-state index in [2.05, 4.69) is 10.2 Å². The largest absolute Gasteiger partial charge is 0.493 e. The van der Waals surface area contributed by atoms with Crippen LogP contribution >= 0.6 is 24.0 Å². The lowest BCUT2D eigenvalue weighted by molar-refractivity contribution is -0.129. The average Bonchev–Trinajstić information content (AvgIpc) is 2.97. The number of hydrogen-bond acceptors (Lipinski definition) is 7. The molecule has 0 aromatic heterocycles. The first-order valence-corrected chi connectivity index (χ1v) is 13.8. The van der Waals surface area contributed by atoms with Gasteiger partial charge in [-0.15, -0.1) is 12.4 Å². The molecular formula is C30H43Cl2N3O6. The zero-order valence-electron chi connectivity index (χ0n) is 24.6. The minimum absolute atomic E-state index is 0. The summed E-state index contributed by atoms with van der Waals surface area (Å²) < 4.78 is 20.9. The molecule has 1 heterocycles. The van der Waals surface area contributed by atoms with Gasteiger partial charge in [-0.1, -0.05) is 36.7 Å². The van der Waals surface area contributed by atoms with Crippen LogP contribution in [-0.2, 0) is 14.3 Å². The lowest BCUT2D eigenvalue weighted by Crippen LogP contribution is -2.39. The van der Waals surface area contributed by atoms with Crippen molar-refractivity contribution in [2.45, 2.75) is 19.8 Å². The summed E-state index contributed by atoms with van der Waals surface area (Å²) in [4.78, 5) is 27.6. The SMILES string of the molecule is CCCOC(=O)NCCCN(C)C.COc1ccc(/C(=C/C(=O)N2CCOCC2)c2ccc(Cl)cc2)cc1OC.Cl. The maximum atomic E-state index is 12.8. The van der Waals surface area contributed by atoms with Gasteiger partial charge in [-0.2, -0.15) is 0 Å². The first-order valence-electron chi connectivity index (χ1n) is 13.4. The van der Waals surface area contributed by atoms with E-state index < -0.39 is 0 Å². The van der Waals surface area contributed by atoms with Crippen LogP contribution in [0.4, 0.5) is 4.79 Å². The number of nitrogens with one attached hydrogen (secondary N) is 1. The fourth-order valence-corrected chi connectivity index (χ4v) is 3.92. The third kappa shape index (κ3) is 13.0. The molecule has 1 N–H and O–H groups in total. The summed E-state index contributed by atoms with van der Waals surface area (Å²) >= 11 is 6.03. The molecule has 0 saturated carbocycles. The third-order valence-corrected chi connectivity index (χ3v) is 6.18. The van der Waals surface area contributed by atoms with Crippen molar-refractivity contribution in [3.63, 3.8) is 0 Å². The number of carbonyl (C=O) groups is 2. The van der Waals surface area contributed by atoms with Gasteiger partial charge in [-0.05, 0) is 74.4 Å². The zero-order valence-corrected chi connectivity index (χ0v) is 26.2. The average molecular weight is 613 g/mol. The van der Waals surface area contributed by atoms with E-state index in [-0.39, 0.29) is 24.4 Å². The first-order chi connectivity index (χ1) is 19.3. The van der Waals surface area contributed by atoms with Gasteiger partial charge in [0.05, 0.1) is 34.0 Å². The number of amides is 2. The molecule has 0 bridgehead atoms. The molecule has 2 aromatic rings. The van der Waals surface area contributed by atoms with Gasteiger partial charge in [0.2, 0.25) is 5.91 Å². The monoisotopic (exact) mass is 611 g/mol. The molecule has 3 rings (SSSR count). The predicted molar refractivity (Wildman–Crippen MR) is 166 cm³/mol. The number of halogens is 2. The molecule has 2 amide bonds. The third-order valence-electron chi connectivity index (χ3n) is 5.93. The first kappa shape index (κ1) is 36.0. The van der Waals surface area contributed by atoms with Gasteiger partial charge in [0.25, 0.3) is 0 Å². The van der Waals surface area contributed by atoms with E-state index in [9.17, 15) is 9.59 Å². The van der Waals surface area contributed by atoms with E-state index in [1.807, 2.05) is 63.5 Å². The van der Waals surface area contributed by atoms with Gasteiger partial charge in [0.15, 0.2) is 11.5 Å². The highest BCUT2D eigenvalue weighted by molar-refractivity contribution is 6.30. The van der Waals surface area contributed by atoms with Gasteiger partial charge in [-0.25, -0.2) is 4.79 Å². The Morgan fingerprint density at radius 2 is 1.66 bits per heavy atom. The highest BCUT2D eigenvalue weighted by Crippen LogP contribution is 2.33. The molecule has 1 fully saturated rings. The zero-order chi connectivity index (χ0) is 29.3. The van der Waals surface area contributed by atoms with Crippen LogP contribution in [0.3, 0.4) is 0 Å². The number of ether oxygens (including phenoxy) is 4. The second kappa shape index (κ2) is 20.0. The molecule has 1 aliphatic heterocycles. The summed E-state index contributed by atoms with van der Waals surface area (Å²) in [5.74, 6) is 1.20. The molecule has 0 spiro atoms. The Labute approximate surface area is 255 Å². The topological polar surface area (TPSA) is 89.6 Å². The van der Waals surface area contributed by atoms with Crippen molar-refractivity contribution in [1.29, 1.82) is 0 Å². The molecular weight excluding hydrogens is 569 g/mol. The maximum absolute atomic E-state index is 12.8. The summed E-state index contributed by atoms with van der Waals surface area (Å²) in [6.07, 6.45) is 3.18. The number of hydrogen-bond donors (Lipinski definition) is 1. The molecule has 0 aliphatic carbocycles. The summed E-state index contributed by atoms with van der Waals surface area (Å²) in [6.45, 7) is 6.44. The molecule has 0 atom stereocenters. The molecule has 0 unspecified atom stereocenters. The van der Waals surface area contributed by atoms with E-state index >= 15 is 0 Å². The van der Waals surface area contributed by atoms with Gasteiger partial charge >= 0.3 is 6.09 Å². The van der Waals surface area contributed by atoms with Crippen LogP contribution in [0, 0.1) is 0 Å². The predicted octanol–water partition coefficient (Wildman–Crippen LogP) is 5.14. The Morgan fingerprint density at radius 3 is 2.24 bits per heavy atom. The second-order valence-electron chi connectivity index (χ2n) is 9.29. The molecule has 228 valence electrons. The molecule has 11 heteroatoms. The highest BCUT2D eigenvalue weighted by atomic mass is 35.5. The van der Waals surface area contributed by atoms with Crippen molar-refractivity contribution in [2.75, 3.05) is 74.3 Å². The number of rotatable bonds is 11. The summed E-state index contributed by atoms with van der Waals surface area (Å²) in [6, 6.07) is 13.0. The van der Waals surface area contributed by atoms with Crippen LogP contribution in [0.5, 0.6) is 11.5 Å². The quantitative estimate of drug-likeness (QED) is 0.278. The van der Waals surface area contributed by atoms with Crippen LogP contribution in [0.2, 0.25) is 5.02 Å². The lowest BCUT2D eigenvalue weighted by Gasteiger charge is -2.26. The maximum Gasteiger partial charge on any atom is 0.407 e. The molecule has 9 nitrogen and oxygen atoms in total. The van der Waals surface area contributed by atoms with Crippen molar-refractivity contribution in [1.82, 2.24) is 15.1 Å².